The van der Waals surface area contributed by atoms with E-state index >= 15 is 0 Å². The maximum absolute atomic E-state index is 9.20. The molecule has 0 radical (unpaired) electrons. The lowest BCUT2D eigenvalue weighted by Crippen LogP contribution is -2.27. The number of rotatable bonds is 10. The van der Waals surface area contributed by atoms with Gasteiger partial charge in [0.2, 0.25) is 12.0 Å². The molecule has 1 aromatic carbocycles. The molecule has 2 heterocycles. The maximum Gasteiger partial charge on any atom is 0.243 e. The van der Waals surface area contributed by atoms with Crippen molar-refractivity contribution in [2.45, 2.75) is 27.3 Å². The quantitative estimate of drug-likeness (QED) is 0.176. The highest BCUT2D eigenvalue weighted by Crippen LogP contribution is 2.42. The van der Waals surface area contributed by atoms with Crippen molar-refractivity contribution >= 4 is 33.4 Å². The number of nitriles is 1. The fourth-order valence-corrected chi connectivity index (χ4v) is 4.26. The summed E-state index contributed by atoms with van der Waals surface area (Å²) in [5.74, 6) is 0. The van der Waals surface area contributed by atoms with Crippen molar-refractivity contribution in [3.05, 3.63) is 64.3 Å². The van der Waals surface area contributed by atoms with Crippen molar-refractivity contribution in [2.75, 3.05) is 31.2 Å². The molecule has 0 atom stereocenters. The van der Waals surface area contributed by atoms with Gasteiger partial charge in [-0.25, -0.2) is 14.0 Å². The molecule has 33 heavy (non-hydrogen) atoms. The van der Waals surface area contributed by atoms with Gasteiger partial charge in [-0.2, -0.15) is 15.5 Å². The van der Waals surface area contributed by atoms with Crippen LogP contribution in [0.3, 0.4) is 0 Å². The molecule has 9 heteroatoms. The van der Waals surface area contributed by atoms with E-state index in [0.717, 1.165) is 36.6 Å². The Hall–Kier alpha value is -3.53. The third kappa shape index (κ3) is 6.04. The molecule has 0 fully saturated rings. The average molecular weight is 463 g/mol. The number of azo groups is 1. The molecule has 0 aliphatic rings. The summed E-state index contributed by atoms with van der Waals surface area (Å²) in [5, 5.41) is 18.3. The van der Waals surface area contributed by atoms with Gasteiger partial charge < -0.3 is 9.64 Å². The number of hydrogen-bond donors (Lipinski definition) is 0. The minimum absolute atomic E-state index is 0.400. The predicted octanol–water partition coefficient (Wildman–Crippen LogP) is 5.37. The van der Waals surface area contributed by atoms with E-state index < -0.39 is 0 Å². The lowest BCUT2D eigenvalue weighted by molar-refractivity contribution is -0.671. The summed E-state index contributed by atoms with van der Waals surface area (Å²) in [4.78, 5) is 6.29. The van der Waals surface area contributed by atoms with Gasteiger partial charge in [-0.3, -0.25) is 0 Å². The van der Waals surface area contributed by atoms with Gasteiger partial charge in [-0.05, 0) is 50.1 Å². The van der Waals surface area contributed by atoms with Gasteiger partial charge in [-0.15, -0.1) is 11.3 Å². The Morgan fingerprint density at radius 2 is 2.12 bits per heavy atom. The normalized spacial score (nSPS) is 11.0. The fourth-order valence-electron chi connectivity index (χ4n) is 3.39. The Morgan fingerprint density at radius 3 is 2.76 bits per heavy atom. The van der Waals surface area contributed by atoms with E-state index in [1.165, 1.54) is 11.3 Å². The minimum Gasteiger partial charge on any atom is -0.376 e. The van der Waals surface area contributed by atoms with Gasteiger partial charge in [0, 0.05) is 18.8 Å². The zero-order valence-electron chi connectivity index (χ0n) is 19.4. The van der Waals surface area contributed by atoms with Crippen molar-refractivity contribution < 1.29 is 9.30 Å². The van der Waals surface area contributed by atoms with Crippen molar-refractivity contribution in [2.24, 2.45) is 17.3 Å². The first-order valence-corrected chi connectivity index (χ1v) is 11.6. The second kappa shape index (κ2) is 11.4. The first-order valence-electron chi connectivity index (χ1n) is 10.7. The van der Waals surface area contributed by atoms with Crippen molar-refractivity contribution in [3.63, 3.8) is 0 Å². The number of imidazole rings is 1. The molecule has 0 saturated carbocycles. The maximum atomic E-state index is 9.20. The second-order valence-corrected chi connectivity index (χ2v) is 8.61. The molecule has 0 aliphatic carbocycles. The van der Waals surface area contributed by atoms with Crippen molar-refractivity contribution in [1.29, 1.82) is 5.26 Å². The molecule has 0 aliphatic heterocycles. The standard InChI is InChI=1S/C24H28N7OS/c1-6-31(12-14-32-13-11-30-10-9-29(5)17-30)20-7-8-21(18(2)15-20)27-28-24-23(26-4)19(3)22(16-25)33-24/h7-10,15,17H,6,11-14H2,1-3,5H3/q+1/b28-27+. The minimum atomic E-state index is 0.400. The smallest absolute Gasteiger partial charge is 0.243 e. The molecule has 0 spiro atoms. The number of hydrogen-bond acceptors (Lipinski definition) is 6. The Bertz CT molecular complexity index is 1210. The fraction of sp³-hybridized carbons (Fsp3) is 0.375. The number of aryl methyl sites for hydroxylation is 2. The molecule has 0 bridgehead atoms. The number of anilines is 1. The highest BCUT2D eigenvalue weighted by molar-refractivity contribution is 7.17. The van der Waals surface area contributed by atoms with Gasteiger partial charge in [0.25, 0.3) is 0 Å². The van der Waals surface area contributed by atoms with Crippen molar-refractivity contribution in [3.8, 4) is 6.07 Å². The molecule has 2 aromatic heterocycles. The molecule has 0 unspecified atom stereocenters. The van der Waals surface area contributed by atoms with Gasteiger partial charge in [0.05, 0.1) is 37.4 Å². The summed E-state index contributed by atoms with van der Waals surface area (Å²) < 4.78 is 9.95. The van der Waals surface area contributed by atoms with Crippen LogP contribution in [0, 0.1) is 31.8 Å². The zero-order valence-corrected chi connectivity index (χ0v) is 20.3. The monoisotopic (exact) mass is 462 g/mol. The summed E-state index contributed by atoms with van der Waals surface area (Å²) in [6, 6.07) is 8.17. The number of nitrogens with zero attached hydrogens (tertiary/aromatic N) is 7. The van der Waals surface area contributed by atoms with Gasteiger partial charge in [0.15, 0.2) is 0 Å². The van der Waals surface area contributed by atoms with Crippen LogP contribution < -0.4 is 9.47 Å². The largest absolute Gasteiger partial charge is 0.376 e. The summed E-state index contributed by atoms with van der Waals surface area (Å²) in [5.41, 5.74) is 3.91. The lowest BCUT2D eigenvalue weighted by atomic mass is 10.1. The van der Waals surface area contributed by atoms with E-state index in [0.29, 0.717) is 34.3 Å². The third-order valence-corrected chi connectivity index (χ3v) is 6.38. The number of benzene rings is 1. The van der Waals surface area contributed by atoms with Crippen LogP contribution in [0.5, 0.6) is 0 Å². The number of likely N-dealkylation sites (N-methyl/N-ethyl adjacent to an activating group) is 1. The van der Waals surface area contributed by atoms with Crippen LogP contribution in [-0.2, 0) is 18.3 Å². The van der Waals surface area contributed by atoms with E-state index in [2.05, 4.69) is 43.6 Å². The van der Waals surface area contributed by atoms with Gasteiger partial charge >= 0.3 is 0 Å². The molecule has 3 rings (SSSR count). The SMILES string of the molecule is [C-]#[N+]c1c(/N=N/c2ccc(N(CC)CCOCCn3cc[n+](C)c3)cc2C)sc(C#N)c1C. The van der Waals surface area contributed by atoms with Crippen LogP contribution >= 0.6 is 11.3 Å². The van der Waals surface area contributed by atoms with E-state index in [1.807, 2.05) is 49.4 Å². The highest BCUT2D eigenvalue weighted by atomic mass is 32.1. The number of ether oxygens (including phenoxy) is 1. The predicted molar refractivity (Wildman–Crippen MR) is 130 cm³/mol. The topological polar surface area (TPSA) is 74.2 Å². The molecule has 170 valence electrons. The van der Waals surface area contributed by atoms with E-state index in [-0.39, 0.29) is 0 Å². The van der Waals surface area contributed by atoms with Crippen LogP contribution in [-0.4, -0.2) is 30.9 Å². The first-order chi connectivity index (χ1) is 16.0. The van der Waals surface area contributed by atoms with Gasteiger partial charge in [0.1, 0.15) is 30.0 Å². The number of thiophene rings is 1. The van der Waals surface area contributed by atoms with Gasteiger partial charge in [-0.1, -0.05) is 0 Å². The van der Waals surface area contributed by atoms with Crippen LogP contribution in [0.1, 0.15) is 22.9 Å². The van der Waals surface area contributed by atoms with Crippen molar-refractivity contribution in [1.82, 2.24) is 4.57 Å². The Labute approximate surface area is 198 Å². The first kappa shape index (κ1) is 24.1. The molecule has 8 nitrogen and oxygen atoms in total. The summed E-state index contributed by atoms with van der Waals surface area (Å²) in [6.07, 6.45) is 6.08. The summed E-state index contributed by atoms with van der Waals surface area (Å²) >= 11 is 1.20. The molecule has 0 saturated heterocycles. The molecule has 3 aromatic rings. The Balaban J connectivity index is 1.60. The third-order valence-electron chi connectivity index (χ3n) is 5.31. The second-order valence-electron chi connectivity index (χ2n) is 7.61. The highest BCUT2D eigenvalue weighted by Gasteiger charge is 2.15. The zero-order chi connectivity index (χ0) is 23.8. The lowest BCUT2D eigenvalue weighted by Gasteiger charge is -2.23. The summed E-state index contributed by atoms with van der Waals surface area (Å²) in [7, 11) is 2.00. The molecule has 0 N–H and O–H groups in total. The van der Waals surface area contributed by atoms with E-state index in [9.17, 15) is 5.26 Å². The molecular weight excluding hydrogens is 434 g/mol. The summed E-state index contributed by atoms with van der Waals surface area (Å²) in [6.45, 7) is 17.1. The Kier molecular flexibility index (Phi) is 8.31. The average Bonchev–Trinajstić information content (AvgIpc) is 3.37. The van der Waals surface area contributed by atoms with Crippen LogP contribution in [0.25, 0.3) is 4.85 Å². The van der Waals surface area contributed by atoms with E-state index in [1.54, 1.807) is 6.92 Å². The Morgan fingerprint density at radius 1 is 1.30 bits per heavy atom. The van der Waals surface area contributed by atoms with E-state index in [4.69, 9.17) is 11.3 Å². The van der Waals surface area contributed by atoms with Crippen LogP contribution in [0.2, 0.25) is 0 Å². The van der Waals surface area contributed by atoms with Crippen LogP contribution in [0.4, 0.5) is 22.1 Å². The molecule has 0 amide bonds. The van der Waals surface area contributed by atoms with Crippen LogP contribution in [0.15, 0.2) is 47.1 Å². The molecular formula is C24H28N7OS+. The number of aromatic nitrogens is 2.